The third kappa shape index (κ3) is 3.83. The maximum atomic E-state index is 12.7. The Morgan fingerprint density at radius 1 is 1.03 bits per heavy atom. The second-order valence-electron chi connectivity index (χ2n) is 9.25. The lowest BCUT2D eigenvalue weighted by molar-refractivity contribution is -0.138. The molecule has 162 valence electrons. The van der Waals surface area contributed by atoms with Crippen molar-refractivity contribution in [3.63, 3.8) is 0 Å². The summed E-state index contributed by atoms with van der Waals surface area (Å²) < 4.78 is 0. The monoisotopic (exact) mass is 426 g/mol. The van der Waals surface area contributed by atoms with Crippen molar-refractivity contribution in [1.29, 1.82) is 0 Å². The standard InChI is InChI=1S/C24H34N4OS/c1-2-3-12-20-25-22(21-18-10-5-4-6-11-19(18)30-23(21)26-20)27-13-15-28(16-14-27)24(29)17-8-7-9-17/h17H,2-16H2,1H3. The molecule has 1 saturated carbocycles. The van der Waals surface area contributed by atoms with E-state index in [0.717, 1.165) is 63.5 Å². The van der Waals surface area contributed by atoms with E-state index in [1.165, 1.54) is 60.7 Å². The molecule has 3 heterocycles. The average molecular weight is 427 g/mol. The Bertz CT molecular complexity index is 912. The molecule has 0 unspecified atom stereocenters. The van der Waals surface area contributed by atoms with Gasteiger partial charge in [0.1, 0.15) is 16.5 Å². The van der Waals surface area contributed by atoms with Crippen molar-refractivity contribution in [2.45, 2.75) is 77.6 Å². The number of hydrogen-bond donors (Lipinski definition) is 0. The topological polar surface area (TPSA) is 49.3 Å². The van der Waals surface area contributed by atoms with Crippen LogP contribution in [0.5, 0.6) is 0 Å². The van der Waals surface area contributed by atoms with Gasteiger partial charge in [0, 0.05) is 43.4 Å². The molecule has 1 amide bonds. The predicted octanol–water partition coefficient (Wildman–Crippen LogP) is 4.75. The molecule has 6 heteroatoms. The van der Waals surface area contributed by atoms with Crippen molar-refractivity contribution in [2.75, 3.05) is 31.1 Å². The molecule has 3 aliphatic rings. The van der Waals surface area contributed by atoms with Crippen molar-refractivity contribution in [3.8, 4) is 0 Å². The van der Waals surface area contributed by atoms with E-state index in [1.807, 2.05) is 11.3 Å². The van der Waals surface area contributed by atoms with Gasteiger partial charge in [0.15, 0.2) is 0 Å². The molecule has 1 saturated heterocycles. The van der Waals surface area contributed by atoms with Crippen LogP contribution in [0.25, 0.3) is 10.2 Å². The van der Waals surface area contributed by atoms with E-state index >= 15 is 0 Å². The number of unbranched alkanes of at least 4 members (excludes halogenated alkanes) is 1. The lowest BCUT2D eigenvalue weighted by Gasteiger charge is -2.39. The molecule has 2 fully saturated rings. The van der Waals surface area contributed by atoms with Crippen molar-refractivity contribution in [2.24, 2.45) is 5.92 Å². The maximum Gasteiger partial charge on any atom is 0.225 e. The third-order valence-corrected chi connectivity index (χ3v) is 8.38. The Morgan fingerprint density at radius 2 is 1.83 bits per heavy atom. The van der Waals surface area contributed by atoms with E-state index < -0.39 is 0 Å². The summed E-state index contributed by atoms with van der Waals surface area (Å²) in [6.45, 7) is 5.67. The highest BCUT2D eigenvalue weighted by Crippen LogP contribution is 2.39. The van der Waals surface area contributed by atoms with Gasteiger partial charge in [0.05, 0.1) is 5.39 Å². The zero-order valence-electron chi connectivity index (χ0n) is 18.3. The van der Waals surface area contributed by atoms with Gasteiger partial charge >= 0.3 is 0 Å². The largest absolute Gasteiger partial charge is 0.352 e. The normalized spacial score (nSPS) is 20.2. The molecule has 2 aromatic rings. The maximum absolute atomic E-state index is 12.7. The number of carbonyl (C=O) groups excluding carboxylic acids is 1. The fourth-order valence-corrected chi connectivity index (χ4v) is 6.36. The summed E-state index contributed by atoms with van der Waals surface area (Å²) in [4.78, 5) is 30.1. The molecule has 2 aliphatic carbocycles. The number of anilines is 1. The highest BCUT2D eigenvalue weighted by Gasteiger charge is 2.32. The number of nitrogens with zero attached hydrogens (tertiary/aromatic N) is 4. The van der Waals surface area contributed by atoms with Crippen LogP contribution in [-0.2, 0) is 24.1 Å². The Hall–Kier alpha value is -1.69. The van der Waals surface area contributed by atoms with E-state index in [2.05, 4.69) is 16.7 Å². The molecule has 0 aromatic carbocycles. The lowest BCUT2D eigenvalue weighted by Crippen LogP contribution is -2.51. The number of rotatable bonds is 5. The third-order valence-electron chi connectivity index (χ3n) is 7.19. The second-order valence-corrected chi connectivity index (χ2v) is 10.3. The minimum atomic E-state index is 0.301. The number of carbonyl (C=O) groups is 1. The van der Waals surface area contributed by atoms with E-state index in [4.69, 9.17) is 9.97 Å². The van der Waals surface area contributed by atoms with Gasteiger partial charge < -0.3 is 9.80 Å². The van der Waals surface area contributed by atoms with Gasteiger partial charge in [0.2, 0.25) is 5.91 Å². The van der Waals surface area contributed by atoms with Crippen molar-refractivity contribution < 1.29 is 4.79 Å². The Balaban J connectivity index is 1.44. The minimum absolute atomic E-state index is 0.301. The summed E-state index contributed by atoms with van der Waals surface area (Å²) >= 11 is 1.92. The molecule has 0 radical (unpaired) electrons. The van der Waals surface area contributed by atoms with E-state index in [1.54, 1.807) is 4.88 Å². The number of hydrogen-bond acceptors (Lipinski definition) is 5. The molecule has 0 bridgehead atoms. The number of piperazine rings is 1. The summed E-state index contributed by atoms with van der Waals surface area (Å²) in [5.74, 6) is 2.85. The Morgan fingerprint density at radius 3 is 2.57 bits per heavy atom. The van der Waals surface area contributed by atoms with Gasteiger partial charge in [-0.3, -0.25) is 4.79 Å². The van der Waals surface area contributed by atoms with Crippen LogP contribution in [0.1, 0.15) is 74.6 Å². The summed E-state index contributed by atoms with van der Waals surface area (Å²) in [6.07, 6.45) is 12.9. The van der Waals surface area contributed by atoms with Gasteiger partial charge in [-0.05, 0) is 50.5 Å². The molecule has 5 rings (SSSR count). The van der Waals surface area contributed by atoms with Crippen LogP contribution < -0.4 is 4.90 Å². The van der Waals surface area contributed by atoms with Crippen LogP contribution >= 0.6 is 11.3 Å². The first-order chi connectivity index (χ1) is 14.7. The lowest BCUT2D eigenvalue weighted by atomic mass is 9.84. The van der Waals surface area contributed by atoms with E-state index in [0.29, 0.717) is 11.8 Å². The van der Waals surface area contributed by atoms with E-state index in [9.17, 15) is 4.79 Å². The highest BCUT2D eigenvalue weighted by atomic mass is 32.1. The van der Waals surface area contributed by atoms with Gasteiger partial charge in [-0.25, -0.2) is 9.97 Å². The van der Waals surface area contributed by atoms with Crippen molar-refractivity contribution in [3.05, 3.63) is 16.3 Å². The molecule has 0 spiro atoms. The first kappa shape index (κ1) is 20.2. The summed E-state index contributed by atoms with van der Waals surface area (Å²) in [5.41, 5.74) is 1.53. The Labute approximate surface area is 183 Å². The van der Waals surface area contributed by atoms with Gasteiger partial charge in [-0.15, -0.1) is 11.3 Å². The summed E-state index contributed by atoms with van der Waals surface area (Å²) in [7, 11) is 0. The van der Waals surface area contributed by atoms with Crippen LogP contribution in [0, 0.1) is 5.92 Å². The van der Waals surface area contributed by atoms with Gasteiger partial charge in [0.25, 0.3) is 0 Å². The fourth-order valence-electron chi connectivity index (χ4n) is 5.09. The number of fused-ring (bicyclic) bond motifs is 3. The zero-order chi connectivity index (χ0) is 20.5. The summed E-state index contributed by atoms with van der Waals surface area (Å²) in [5, 5.41) is 1.33. The van der Waals surface area contributed by atoms with Crippen LogP contribution in [-0.4, -0.2) is 47.0 Å². The fraction of sp³-hybridized carbons (Fsp3) is 0.708. The highest BCUT2D eigenvalue weighted by molar-refractivity contribution is 7.19. The molecule has 2 aromatic heterocycles. The van der Waals surface area contributed by atoms with Crippen molar-refractivity contribution in [1.82, 2.24) is 14.9 Å². The SMILES string of the molecule is CCCCc1nc(N2CCN(C(=O)C3CCC3)CC2)c2c3c(sc2n1)CCCCC3. The first-order valence-electron chi connectivity index (χ1n) is 12.1. The second kappa shape index (κ2) is 8.81. The van der Waals surface area contributed by atoms with Crippen LogP contribution in [0.3, 0.4) is 0 Å². The van der Waals surface area contributed by atoms with E-state index in [-0.39, 0.29) is 0 Å². The van der Waals surface area contributed by atoms with Crippen LogP contribution in [0.4, 0.5) is 5.82 Å². The molecule has 1 aliphatic heterocycles. The quantitative estimate of drug-likeness (QED) is 0.647. The number of aromatic nitrogens is 2. The number of aryl methyl sites for hydroxylation is 3. The summed E-state index contributed by atoms with van der Waals surface area (Å²) in [6, 6.07) is 0. The molecule has 5 nitrogen and oxygen atoms in total. The van der Waals surface area contributed by atoms with Gasteiger partial charge in [-0.1, -0.05) is 26.2 Å². The van der Waals surface area contributed by atoms with Crippen LogP contribution in [0.2, 0.25) is 0 Å². The van der Waals surface area contributed by atoms with Crippen LogP contribution in [0.15, 0.2) is 0 Å². The predicted molar refractivity (Wildman–Crippen MR) is 123 cm³/mol. The smallest absolute Gasteiger partial charge is 0.225 e. The molecular formula is C24H34N4OS. The average Bonchev–Trinajstić information content (AvgIpc) is 2.91. The molecular weight excluding hydrogens is 392 g/mol. The number of thiophene rings is 1. The first-order valence-corrected chi connectivity index (χ1v) is 12.9. The minimum Gasteiger partial charge on any atom is -0.352 e. The van der Waals surface area contributed by atoms with Gasteiger partial charge in [-0.2, -0.15) is 0 Å². The Kier molecular flexibility index (Phi) is 5.94. The number of amides is 1. The molecule has 0 N–H and O–H groups in total. The molecule has 30 heavy (non-hydrogen) atoms. The van der Waals surface area contributed by atoms with Crippen molar-refractivity contribution >= 4 is 33.3 Å². The zero-order valence-corrected chi connectivity index (χ0v) is 19.1. The molecule has 0 atom stereocenters.